The third-order valence-electron chi connectivity index (χ3n) is 16.6. The Bertz CT molecular complexity index is 2880. The number of likely N-dealkylation sites (tertiary alicyclic amines) is 2. The Hall–Kier alpha value is -7.01. The van der Waals surface area contributed by atoms with Gasteiger partial charge in [-0.05, 0) is 104 Å². The monoisotopic (exact) mass is 1040 g/mol. The van der Waals surface area contributed by atoms with Crippen LogP contribution in [-0.2, 0) is 14.3 Å². The fraction of sp³-hybridized carbons (Fsp3) is 0.526. The zero-order valence-electron chi connectivity index (χ0n) is 43.5. The van der Waals surface area contributed by atoms with Crippen molar-refractivity contribution in [2.75, 3.05) is 54.8 Å². The highest BCUT2D eigenvalue weighted by molar-refractivity contribution is 5.91. The first kappa shape index (κ1) is 51.1. The molecule has 400 valence electrons. The summed E-state index contributed by atoms with van der Waals surface area (Å²) in [5.74, 6) is 0.899. The molecule has 0 spiro atoms. The smallest absolute Gasteiger partial charge is 0.254 e. The number of nitrogens with two attached hydrogens (primary N) is 1. The van der Waals surface area contributed by atoms with Crippen molar-refractivity contribution in [3.63, 3.8) is 0 Å². The normalized spacial score (nSPS) is 26.3. The van der Waals surface area contributed by atoms with Gasteiger partial charge in [0.2, 0.25) is 17.7 Å². The molecule has 6 fully saturated rings. The summed E-state index contributed by atoms with van der Waals surface area (Å²) in [4.78, 5) is 41.2. The number of anilines is 3. The second kappa shape index (κ2) is 21.9. The van der Waals surface area contributed by atoms with E-state index in [0.29, 0.717) is 58.2 Å². The Morgan fingerprint density at radius 2 is 1.58 bits per heavy atom. The van der Waals surface area contributed by atoms with Crippen LogP contribution in [-0.4, -0.2) is 140 Å². The van der Waals surface area contributed by atoms with Gasteiger partial charge in [-0.2, -0.15) is 5.26 Å². The van der Waals surface area contributed by atoms with Gasteiger partial charge in [0.05, 0.1) is 47.4 Å². The number of piperazine rings is 1. The van der Waals surface area contributed by atoms with Crippen molar-refractivity contribution >= 4 is 29.0 Å². The number of benzene rings is 2. The molecular formula is C57H69N11O8. The van der Waals surface area contributed by atoms with E-state index in [1.54, 1.807) is 42.5 Å². The van der Waals surface area contributed by atoms with Crippen molar-refractivity contribution in [2.24, 2.45) is 11.8 Å². The molecule has 2 amide bonds. The second-order valence-electron chi connectivity index (χ2n) is 22.3. The number of nitrogens with zero attached hydrogens (tertiary/aromatic N) is 9. The molecular weight excluding hydrogens is 967 g/mol. The maximum absolute atomic E-state index is 14.2. The molecule has 5 aromatic rings. The first-order valence-corrected chi connectivity index (χ1v) is 27.2. The number of nitrogens with one attached hydrogen (secondary N) is 1. The van der Waals surface area contributed by atoms with E-state index in [4.69, 9.17) is 29.7 Å². The number of pyridine rings is 1. The highest BCUT2D eigenvalue weighted by atomic mass is 16.5. The van der Waals surface area contributed by atoms with Gasteiger partial charge in [-0.3, -0.25) is 9.59 Å². The largest absolute Gasteiger partial charge is 0.507 e. The Morgan fingerprint density at radius 3 is 2.30 bits per heavy atom. The van der Waals surface area contributed by atoms with Gasteiger partial charge in [-0.1, -0.05) is 38.1 Å². The molecule has 3 aromatic heterocycles. The number of ether oxygens (including phenoxy) is 3. The van der Waals surface area contributed by atoms with E-state index in [2.05, 4.69) is 58.6 Å². The minimum absolute atomic E-state index is 0.0123. The molecule has 6 aliphatic rings. The molecule has 4 saturated heterocycles. The average Bonchev–Trinajstić information content (AvgIpc) is 4.11. The van der Waals surface area contributed by atoms with Crippen molar-refractivity contribution in [1.29, 1.82) is 5.26 Å². The third-order valence-corrected chi connectivity index (χ3v) is 16.6. The summed E-state index contributed by atoms with van der Waals surface area (Å²) < 4.78 is 25.0. The topological polar surface area (TPSA) is 242 Å². The van der Waals surface area contributed by atoms with Gasteiger partial charge in [-0.15, -0.1) is 10.2 Å². The number of carbonyl (C=O) groups is 2. The van der Waals surface area contributed by atoms with Crippen LogP contribution in [0, 0.1) is 23.2 Å². The van der Waals surface area contributed by atoms with E-state index in [1.165, 1.54) is 4.90 Å². The molecule has 0 radical (unpaired) electrons. The first-order valence-electron chi connectivity index (χ1n) is 27.2. The number of nitrogen functional groups attached to an aromatic ring is 1. The van der Waals surface area contributed by atoms with Gasteiger partial charge in [0.15, 0.2) is 11.6 Å². The lowest BCUT2D eigenvalue weighted by Crippen LogP contribution is -2.54. The number of aliphatic hydroxyl groups is 1. The molecule has 2 aliphatic carbocycles. The van der Waals surface area contributed by atoms with Crippen molar-refractivity contribution in [1.82, 2.24) is 35.5 Å². The summed E-state index contributed by atoms with van der Waals surface area (Å²) in [5, 5.41) is 46.0. The van der Waals surface area contributed by atoms with Crippen LogP contribution in [0.5, 0.6) is 17.5 Å². The molecule has 5 N–H and O–H groups in total. The SMILES string of the molecule is CC(C)[C@@H](C(=O)N1C[C@H](O)C[C@H]1C(=O)N[C@@H](C)c1ccc(C#N)cc1)c1cc(O[C@H]2C[C@H](CN3CCC(O[C@H]4C[C@H](Oc5cc(N6C7CCC6CN(c6cc(-c8ccccc8O)nnc6N)C7)ccn5)C4)CC3)C2)no1. The number of piperidine rings is 1. The number of hydrogen-bond donors (Lipinski definition) is 4. The van der Waals surface area contributed by atoms with Gasteiger partial charge >= 0.3 is 0 Å². The van der Waals surface area contributed by atoms with Crippen LogP contribution in [0.2, 0.25) is 0 Å². The molecule has 2 aromatic carbocycles. The lowest BCUT2D eigenvalue weighted by Gasteiger charge is -2.43. The van der Waals surface area contributed by atoms with E-state index in [0.717, 1.165) is 101 Å². The second-order valence-corrected chi connectivity index (χ2v) is 22.3. The number of phenolic OH excluding ortho intramolecular Hbond substituents is 1. The van der Waals surface area contributed by atoms with Crippen LogP contribution in [0.15, 0.2) is 83.5 Å². The van der Waals surface area contributed by atoms with Gasteiger partial charge in [-0.25, -0.2) is 4.98 Å². The van der Waals surface area contributed by atoms with Crippen molar-refractivity contribution in [3.8, 4) is 34.8 Å². The standard InChI is InChI=1S/C57H69N11O8/c1-33(2)54(57(72)67-32-41(69)23-49(67)56(71)61-34(3)37-10-8-35(28-58)9-11-37)51-27-53(64-76-51)75-43-20-36(21-43)29-65-18-15-42(16-19-65)73-44-24-45(25-44)74-52-22-38(14-17-60-52)68-39-12-13-40(68)31-66(30-39)48-26-47(62-63-55(48)59)46-6-4-5-7-50(46)70/h4-11,14,17,22,26-27,33-34,36,39-45,49,54,69-70H,12-13,15-16,18-21,23-25,29-32H2,1-3H3,(H2,59,63)(H,61,71)/t34-,36-,39?,40?,41+,43-,44-,45-,49-,54+/m0/s1. The summed E-state index contributed by atoms with van der Waals surface area (Å²) in [7, 11) is 0. The zero-order valence-corrected chi connectivity index (χ0v) is 43.5. The summed E-state index contributed by atoms with van der Waals surface area (Å²) in [6.45, 7) is 10.4. The fourth-order valence-electron chi connectivity index (χ4n) is 12.4. The number of amides is 2. The van der Waals surface area contributed by atoms with Crippen LogP contribution in [0.1, 0.15) is 107 Å². The van der Waals surface area contributed by atoms with Crippen LogP contribution < -0.4 is 30.3 Å². The van der Waals surface area contributed by atoms with E-state index >= 15 is 0 Å². The molecule has 2 bridgehead atoms. The number of hydrogen-bond acceptors (Lipinski definition) is 17. The molecule has 2 unspecified atom stereocenters. The molecule has 76 heavy (non-hydrogen) atoms. The molecule has 2 saturated carbocycles. The molecule has 7 heterocycles. The fourth-order valence-corrected chi connectivity index (χ4v) is 12.4. The number of para-hydroxylation sites is 1. The van der Waals surface area contributed by atoms with E-state index in [9.17, 15) is 19.8 Å². The summed E-state index contributed by atoms with van der Waals surface area (Å²) in [5.41, 5.74) is 10.9. The van der Waals surface area contributed by atoms with E-state index in [-0.39, 0.29) is 66.9 Å². The minimum Gasteiger partial charge on any atom is -0.507 e. The average molecular weight is 1040 g/mol. The van der Waals surface area contributed by atoms with Crippen LogP contribution in [0.4, 0.5) is 17.2 Å². The van der Waals surface area contributed by atoms with Crippen LogP contribution in [0.25, 0.3) is 11.3 Å². The zero-order chi connectivity index (χ0) is 52.6. The molecule has 4 aliphatic heterocycles. The highest BCUT2D eigenvalue weighted by Crippen LogP contribution is 2.41. The molecule has 6 atom stereocenters. The minimum atomic E-state index is -0.844. The Labute approximate surface area is 443 Å². The maximum atomic E-state index is 14.2. The van der Waals surface area contributed by atoms with Crippen LogP contribution >= 0.6 is 0 Å². The summed E-state index contributed by atoms with van der Waals surface area (Å²) in [6, 6.07) is 23.4. The number of phenols is 1. The quantitative estimate of drug-likeness (QED) is 0.0791. The third kappa shape index (κ3) is 11.0. The first-order chi connectivity index (χ1) is 36.8. The van der Waals surface area contributed by atoms with Crippen molar-refractivity contribution in [2.45, 2.75) is 139 Å². The predicted molar refractivity (Wildman–Crippen MR) is 282 cm³/mol. The van der Waals surface area contributed by atoms with Crippen molar-refractivity contribution in [3.05, 3.63) is 95.9 Å². The number of nitriles is 1. The van der Waals surface area contributed by atoms with Gasteiger partial charge in [0.1, 0.15) is 29.9 Å². The highest BCUT2D eigenvalue weighted by Gasteiger charge is 2.45. The maximum Gasteiger partial charge on any atom is 0.254 e. The van der Waals surface area contributed by atoms with Crippen LogP contribution in [0.3, 0.4) is 0 Å². The number of aliphatic hydroxyl groups excluding tert-OH is 1. The molecule has 11 rings (SSSR count). The summed E-state index contributed by atoms with van der Waals surface area (Å²) >= 11 is 0. The number of rotatable bonds is 17. The number of fused-ring (bicyclic) bond motifs is 2. The number of aromatic hydroxyl groups is 1. The Balaban J connectivity index is 0.590. The lowest BCUT2D eigenvalue weighted by atomic mass is 9.81. The van der Waals surface area contributed by atoms with E-state index in [1.807, 2.05) is 45.2 Å². The molecule has 19 heteroatoms. The molecule has 19 nitrogen and oxygen atoms in total. The Morgan fingerprint density at radius 1 is 0.855 bits per heavy atom. The predicted octanol–water partition coefficient (Wildman–Crippen LogP) is 6.37. The summed E-state index contributed by atoms with van der Waals surface area (Å²) in [6.07, 6.45) is 9.38. The lowest BCUT2D eigenvalue weighted by molar-refractivity contribution is -0.141. The number of carbonyl (C=O) groups excluding carboxylic acids is 2. The Kier molecular flexibility index (Phi) is 14.7. The van der Waals surface area contributed by atoms with Gasteiger partial charge in [0.25, 0.3) is 5.88 Å². The number of aromatic nitrogens is 4. The number of β-amino-alcohol motifs (C(OH)–C–C–N with tert-alkyl or cyclic N) is 1. The van der Waals surface area contributed by atoms with Crippen molar-refractivity contribution < 1.29 is 38.5 Å². The van der Waals surface area contributed by atoms with Gasteiger partial charge in [0, 0.05) is 100 Å². The van der Waals surface area contributed by atoms with Gasteiger partial charge < -0.3 is 59.6 Å². The van der Waals surface area contributed by atoms with E-state index < -0.39 is 18.1 Å².